The molecule has 3 rings (SSSR count). The van der Waals surface area contributed by atoms with Crippen molar-refractivity contribution in [3.8, 4) is 11.3 Å². The quantitative estimate of drug-likeness (QED) is 0.505. The predicted molar refractivity (Wildman–Crippen MR) is 105 cm³/mol. The van der Waals surface area contributed by atoms with E-state index in [1.807, 2.05) is 19.2 Å². The van der Waals surface area contributed by atoms with Gasteiger partial charge in [-0.3, -0.25) is 0 Å². The van der Waals surface area contributed by atoms with Gasteiger partial charge >= 0.3 is 0 Å². The van der Waals surface area contributed by atoms with Crippen LogP contribution in [0.5, 0.6) is 0 Å². The average molecular weight is 377 g/mol. The fourth-order valence-electron chi connectivity index (χ4n) is 2.86. The summed E-state index contributed by atoms with van der Waals surface area (Å²) in [5.74, 6) is 0. The highest BCUT2D eigenvalue weighted by Gasteiger charge is 2.10. The van der Waals surface area contributed by atoms with Crippen LogP contribution in [-0.4, -0.2) is 4.57 Å². The van der Waals surface area contributed by atoms with E-state index >= 15 is 0 Å². The van der Waals surface area contributed by atoms with Crippen molar-refractivity contribution < 1.29 is 0 Å². The Kier molecular flexibility index (Phi) is 4.86. The summed E-state index contributed by atoms with van der Waals surface area (Å²) in [6, 6.07) is 9.89. The normalized spacial score (nSPS) is 12.0. The van der Waals surface area contributed by atoms with Gasteiger partial charge in [0.05, 0.1) is 16.4 Å². The molecule has 0 saturated heterocycles. The highest BCUT2D eigenvalue weighted by atomic mass is 35.5. The molecule has 124 valence electrons. The highest BCUT2D eigenvalue weighted by Crippen LogP contribution is 2.31. The molecule has 2 nitrogen and oxygen atoms in total. The second kappa shape index (κ2) is 6.75. The molecule has 0 radical (unpaired) electrons. The molecule has 0 aliphatic heterocycles. The van der Waals surface area contributed by atoms with Gasteiger partial charge < -0.3 is 4.57 Å². The van der Waals surface area contributed by atoms with Gasteiger partial charge in [-0.15, -0.1) is 11.3 Å². The highest BCUT2D eigenvalue weighted by molar-refractivity contribution is 7.07. The third kappa shape index (κ3) is 3.30. The summed E-state index contributed by atoms with van der Waals surface area (Å²) in [5, 5.41) is 3.36. The van der Waals surface area contributed by atoms with Crippen molar-refractivity contribution >= 4 is 40.2 Å². The van der Waals surface area contributed by atoms with Gasteiger partial charge in [0, 0.05) is 23.0 Å². The zero-order valence-corrected chi connectivity index (χ0v) is 16.4. The summed E-state index contributed by atoms with van der Waals surface area (Å²) in [4.78, 5) is 5.82. The van der Waals surface area contributed by atoms with Crippen LogP contribution in [0.2, 0.25) is 10.0 Å². The maximum atomic E-state index is 6.35. The zero-order valence-electron chi connectivity index (χ0n) is 14.0. The first kappa shape index (κ1) is 17.3. The Balaban J connectivity index is 2.14. The van der Waals surface area contributed by atoms with Crippen LogP contribution in [0.1, 0.15) is 16.7 Å². The molecular weight excluding hydrogens is 359 g/mol. The van der Waals surface area contributed by atoms with E-state index in [2.05, 4.69) is 42.9 Å². The first-order valence-electron chi connectivity index (χ1n) is 7.59. The Morgan fingerprint density at radius 1 is 1.00 bits per heavy atom. The molecular formula is C19H18Cl2N2S. The molecule has 0 aliphatic rings. The van der Waals surface area contributed by atoms with Gasteiger partial charge in [-0.1, -0.05) is 40.9 Å². The van der Waals surface area contributed by atoms with Gasteiger partial charge in [-0.05, 0) is 50.1 Å². The van der Waals surface area contributed by atoms with E-state index in [0.29, 0.717) is 10.0 Å². The molecule has 0 unspecified atom stereocenters. The maximum Gasteiger partial charge on any atom is 0.190 e. The number of aromatic nitrogens is 1. The molecule has 0 atom stereocenters. The van der Waals surface area contributed by atoms with Crippen molar-refractivity contribution in [1.82, 2.24) is 4.57 Å². The second-order valence-electron chi connectivity index (χ2n) is 5.95. The van der Waals surface area contributed by atoms with Crippen molar-refractivity contribution in [3.63, 3.8) is 0 Å². The summed E-state index contributed by atoms with van der Waals surface area (Å²) in [6.07, 6.45) is 0. The summed E-state index contributed by atoms with van der Waals surface area (Å²) in [6.45, 7) is 6.31. The lowest BCUT2D eigenvalue weighted by Crippen LogP contribution is -2.11. The summed E-state index contributed by atoms with van der Waals surface area (Å²) in [7, 11) is 2.01. The number of rotatable bonds is 2. The van der Waals surface area contributed by atoms with E-state index in [-0.39, 0.29) is 0 Å². The molecule has 0 amide bonds. The lowest BCUT2D eigenvalue weighted by molar-refractivity contribution is 0.882. The van der Waals surface area contributed by atoms with Crippen molar-refractivity contribution in [2.75, 3.05) is 0 Å². The van der Waals surface area contributed by atoms with Crippen molar-refractivity contribution in [1.29, 1.82) is 0 Å². The van der Waals surface area contributed by atoms with E-state index in [0.717, 1.165) is 21.7 Å². The van der Waals surface area contributed by atoms with Gasteiger partial charge in [0.25, 0.3) is 0 Å². The van der Waals surface area contributed by atoms with Crippen LogP contribution in [0.3, 0.4) is 0 Å². The van der Waals surface area contributed by atoms with Gasteiger partial charge in [0.2, 0.25) is 0 Å². The molecule has 3 aromatic rings. The SMILES string of the molecule is Cc1cc(C)c(N=c2scc(-c3ccc(Cl)cc3Cl)n2C)c(C)c1. The fraction of sp³-hybridized carbons (Fsp3) is 0.211. The summed E-state index contributed by atoms with van der Waals surface area (Å²) < 4.78 is 2.07. The third-order valence-corrected chi connectivity index (χ3v) is 5.44. The Morgan fingerprint density at radius 2 is 1.67 bits per heavy atom. The molecule has 0 spiro atoms. The largest absolute Gasteiger partial charge is 0.319 e. The second-order valence-corrected chi connectivity index (χ2v) is 7.63. The van der Waals surface area contributed by atoms with Gasteiger partial charge in [-0.2, -0.15) is 0 Å². The van der Waals surface area contributed by atoms with Crippen LogP contribution in [0.25, 0.3) is 11.3 Å². The number of thiazole rings is 1. The van der Waals surface area contributed by atoms with E-state index in [1.165, 1.54) is 16.7 Å². The van der Waals surface area contributed by atoms with Crippen LogP contribution in [0.4, 0.5) is 5.69 Å². The Labute approximate surface area is 156 Å². The molecule has 24 heavy (non-hydrogen) atoms. The first-order valence-corrected chi connectivity index (χ1v) is 9.23. The van der Waals surface area contributed by atoms with E-state index < -0.39 is 0 Å². The van der Waals surface area contributed by atoms with E-state index in [4.69, 9.17) is 28.2 Å². The van der Waals surface area contributed by atoms with Crippen LogP contribution in [0, 0.1) is 20.8 Å². The Hall–Kier alpha value is -1.55. The van der Waals surface area contributed by atoms with Gasteiger partial charge in [-0.25, -0.2) is 4.99 Å². The standard InChI is InChI=1S/C19H18Cl2N2S/c1-11-7-12(2)18(13(3)8-11)22-19-23(4)17(10-24-19)15-6-5-14(20)9-16(15)21/h5-10H,1-4H3. The molecule has 1 heterocycles. The summed E-state index contributed by atoms with van der Waals surface area (Å²) >= 11 is 14.0. The molecule has 0 fully saturated rings. The fourth-order valence-corrected chi connectivity index (χ4v) is 4.26. The minimum atomic E-state index is 0.637. The predicted octanol–water partition coefficient (Wildman–Crippen LogP) is 6.22. The van der Waals surface area contributed by atoms with Crippen molar-refractivity contribution in [2.45, 2.75) is 20.8 Å². The number of hydrogen-bond acceptors (Lipinski definition) is 2. The number of aryl methyl sites for hydroxylation is 3. The first-order chi connectivity index (χ1) is 11.4. The smallest absolute Gasteiger partial charge is 0.190 e. The molecule has 0 aliphatic carbocycles. The van der Waals surface area contributed by atoms with Crippen LogP contribution in [0.15, 0.2) is 40.7 Å². The molecule has 2 aromatic carbocycles. The zero-order chi connectivity index (χ0) is 17.4. The number of nitrogens with zero attached hydrogens (tertiary/aromatic N) is 2. The number of halogens is 2. The lowest BCUT2D eigenvalue weighted by atomic mass is 10.1. The minimum absolute atomic E-state index is 0.637. The molecule has 1 aromatic heterocycles. The average Bonchev–Trinajstić information content (AvgIpc) is 2.84. The number of benzene rings is 2. The van der Waals surface area contributed by atoms with Crippen molar-refractivity contribution in [2.24, 2.45) is 12.0 Å². The Bertz CT molecular complexity index is 960. The van der Waals surface area contributed by atoms with Gasteiger partial charge in [0.1, 0.15) is 0 Å². The van der Waals surface area contributed by atoms with Crippen LogP contribution < -0.4 is 4.80 Å². The minimum Gasteiger partial charge on any atom is -0.319 e. The third-order valence-electron chi connectivity index (χ3n) is 3.97. The topological polar surface area (TPSA) is 17.3 Å². The van der Waals surface area contributed by atoms with E-state index in [1.54, 1.807) is 17.4 Å². The maximum absolute atomic E-state index is 6.35. The monoisotopic (exact) mass is 376 g/mol. The molecule has 5 heteroatoms. The number of hydrogen-bond donors (Lipinski definition) is 0. The Morgan fingerprint density at radius 3 is 2.29 bits per heavy atom. The van der Waals surface area contributed by atoms with Crippen molar-refractivity contribution in [3.05, 3.63) is 67.2 Å². The van der Waals surface area contributed by atoms with Crippen LogP contribution in [-0.2, 0) is 7.05 Å². The lowest BCUT2D eigenvalue weighted by Gasteiger charge is -2.07. The van der Waals surface area contributed by atoms with Crippen LogP contribution >= 0.6 is 34.5 Å². The summed E-state index contributed by atoms with van der Waals surface area (Å²) in [5.41, 5.74) is 6.65. The molecule has 0 bridgehead atoms. The molecule has 0 saturated carbocycles. The molecule has 0 N–H and O–H groups in total. The van der Waals surface area contributed by atoms with Gasteiger partial charge in [0.15, 0.2) is 4.80 Å². The van der Waals surface area contributed by atoms with E-state index in [9.17, 15) is 0 Å².